The first-order valence-corrected chi connectivity index (χ1v) is 7.80. The number of halogens is 1. The Balaban J connectivity index is 1.95. The molecule has 2 N–H and O–H groups in total. The van der Waals surface area contributed by atoms with Gasteiger partial charge in [-0.1, -0.05) is 12.8 Å². The number of rotatable bonds is 5. The Morgan fingerprint density at radius 2 is 2.10 bits per heavy atom. The molecule has 1 aromatic carbocycles. The molecule has 4 nitrogen and oxygen atoms in total. The Morgan fingerprint density at radius 3 is 2.75 bits per heavy atom. The molecule has 0 aliphatic heterocycles. The topological polar surface area (TPSA) is 50.4 Å². The molecule has 0 spiro atoms. The second-order valence-corrected chi connectivity index (χ2v) is 6.06. The fourth-order valence-electron chi connectivity index (χ4n) is 2.44. The molecule has 1 amide bonds. The second-order valence-electron chi connectivity index (χ2n) is 5.20. The minimum absolute atomic E-state index is 0.0478. The highest BCUT2D eigenvalue weighted by atomic mass is 79.9. The molecule has 0 heterocycles. The van der Waals surface area contributed by atoms with Gasteiger partial charge in [0.2, 0.25) is 5.91 Å². The van der Waals surface area contributed by atoms with Gasteiger partial charge in [0.05, 0.1) is 12.8 Å². The van der Waals surface area contributed by atoms with Crippen LogP contribution in [0.2, 0.25) is 0 Å². The molecule has 0 radical (unpaired) electrons. The third-order valence-electron chi connectivity index (χ3n) is 3.64. The van der Waals surface area contributed by atoms with E-state index in [1.807, 2.05) is 25.1 Å². The number of hydrogen-bond donors (Lipinski definition) is 2. The molecule has 1 aliphatic carbocycles. The van der Waals surface area contributed by atoms with Gasteiger partial charge in [0.25, 0.3) is 0 Å². The standard InChI is InChI=1S/C15H21BrN2O2/c1-10(15(19)18-11-5-3-4-6-11)17-14-9-12(20-2)7-8-13(14)16/h7-11,17H,3-6H2,1-2H3,(H,18,19). The van der Waals surface area contributed by atoms with Crippen molar-refractivity contribution in [3.05, 3.63) is 22.7 Å². The van der Waals surface area contributed by atoms with Crippen LogP contribution in [0, 0.1) is 0 Å². The smallest absolute Gasteiger partial charge is 0.242 e. The van der Waals surface area contributed by atoms with E-state index < -0.39 is 0 Å². The number of hydrogen-bond acceptors (Lipinski definition) is 3. The quantitative estimate of drug-likeness (QED) is 0.864. The lowest BCUT2D eigenvalue weighted by Gasteiger charge is -2.19. The molecule has 1 atom stereocenters. The summed E-state index contributed by atoms with van der Waals surface area (Å²) in [4.78, 5) is 12.1. The molecule has 1 fully saturated rings. The summed E-state index contributed by atoms with van der Waals surface area (Å²) in [7, 11) is 1.63. The van der Waals surface area contributed by atoms with Gasteiger partial charge in [-0.2, -0.15) is 0 Å². The van der Waals surface area contributed by atoms with Crippen molar-refractivity contribution in [1.29, 1.82) is 0 Å². The van der Waals surface area contributed by atoms with Crippen LogP contribution in [0.15, 0.2) is 22.7 Å². The maximum Gasteiger partial charge on any atom is 0.242 e. The van der Waals surface area contributed by atoms with Crippen molar-refractivity contribution in [3.63, 3.8) is 0 Å². The van der Waals surface area contributed by atoms with E-state index in [4.69, 9.17) is 4.74 Å². The molecule has 1 unspecified atom stereocenters. The van der Waals surface area contributed by atoms with E-state index in [0.29, 0.717) is 6.04 Å². The average Bonchev–Trinajstić information content (AvgIpc) is 2.94. The van der Waals surface area contributed by atoms with Crippen molar-refractivity contribution in [1.82, 2.24) is 5.32 Å². The molecule has 2 rings (SSSR count). The third-order valence-corrected chi connectivity index (χ3v) is 4.33. The van der Waals surface area contributed by atoms with Gasteiger partial charge >= 0.3 is 0 Å². The Labute approximate surface area is 128 Å². The molecule has 1 saturated carbocycles. The van der Waals surface area contributed by atoms with Crippen LogP contribution in [-0.4, -0.2) is 25.1 Å². The first-order chi connectivity index (χ1) is 9.60. The van der Waals surface area contributed by atoms with Crippen molar-refractivity contribution in [2.24, 2.45) is 0 Å². The Hall–Kier alpha value is -1.23. The minimum Gasteiger partial charge on any atom is -0.497 e. The molecule has 110 valence electrons. The molecule has 20 heavy (non-hydrogen) atoms. The van der Waals surface area contributed by atoms with Gasteiger partial charge in [-0.05, 0) is 47.8 Å². The van der Waals surface area contributed by atoms with Crippen LogP contribution >= 0.6 is 15.9 Å². The second kappa shape index (κ2) is 6.97. The highest BCUT2D eigenvalue weighted by Gasteiger charge is 2.20. The van der Waals surface area contributed by atoms with Crippen molar-refractivity contribution in [3.8, 4) is 5.75 Å². The van der Waals surface area contributed by atoms with Crippen LogP contribution in [0.5, 0.6) is 5.75 Å². The number of nitrogens with one attached hydrogen (secondary N) is 2. The van der Waals surface area contributed by atoms with Crippen molar-refractivity contribution in [2.45, 2.75) is 44.7 Å². The van der Waals surface area contributed by atoms with Crippen molar-refractivity contribution >= 4 is 27.5 Å². The lowest BCUT2D eigenvalue weighted by Crippen LogP contribution is -2.42. The zero-order valence-corrected chi connectivity index (χ0v) is 13.5. The monoisotopic (exact) mass is 340 g/mol. The zero-order chi connectivity index (χ0) is 14.5. The summed E-state index contributed by atoms with van der Waals surface area (Å²) < 4.78 is 6.11. The highest BCUT2D eigenvalue weighted by Crippen LogP contribution is 2.27. The summed E-state index contributed by atoms with van der Waals surface area (Å²) in [6, 6.07) is 5.73. The van der Waals surface area contributed by atoms with Crippen LogP contribution in [0.25, 0.3) is 0 Å². The first kappa shape index (κ1) is 15.2. The summed E-state index contributed by atoms with van der Waals surface area (Å²) in [6.45, 7) is 1.87. The number of benzene rings is 1. The van der Waals surface area contributed by atoms with E-state index in [1.54, 1.807) is 7.11 Å². The number of carbonyl (C=O) groups excluding carboxylic acids is 1. The van der Waals surface area contributed by atoms with E-state index in [1.165, 1.54) is 12.8 Å². The molecule has 5 heteroatoms. The molecular weight excluding hydrogens is 320 g/mol. The summed E-state index contributed by atoms with van der Waals surface area (Å²) in [5.41, 5.74) is 0.860. The minimum atomic E-state index is -0.279. The first-order valence-electron chi connectivity index (χ1n) is 7.00. The Bertz CT molecular complexity index is 473. The molecule has 1 aromatic rings. The van der Waals surface area contributed by atoms with Gasteiger partial charge in [-0.25, -0.2) is 0 Å². The summed E-state index contributed by atoms with van der Waals surface area (Å²) >= 11 is 3.48. The van der Waals surface area contributed by atoms with Crippen LogP contribution in [-0.2, 0) is 4.79 Å². The fraction of sp³-hybridized carbons (Fsp3) is 0.533. The van der Waals surface area contributed by atoms with Gasteiger partial charge in [0.1, 0.15) is 11.8 Å². The maximum absolute atomic E-state index is 12.1. The lowest BCUT2D eigenvalue weighted by molar-refractivity contribution is -0.122. The molecular formula is C15H21BrN2O2. The maximum atomic E-state index is 12.1. The summed E-state index contributed by atoms with van der Waals surface area (Å²) in [5, 5.41) is 6.32. The van der Waals surface area contributed by atoms with E-state index >= 15 is 0 Å². The van der Waals surface area contributed by atoms with Crippen LogP contribution in [0.1, 0.15) is 32.6 Å². The number of ether oxygens (including phenoxy) is 1. The van der Waals surface area contributed by atoms with E-state index in [9.17, 15) is 4.79 Å². The van der Waals surface area contributed by atoms with Crippen LogP contribution in [0.4, 0.5) is 5.69 Å². The molecule has 1 aliphatic rings. The third kappa shape index (κ3) is 3.88. The molecule has 0 bridgehead atoms. The van der Waals surface area contributed by atoms with Gasteiger partial charge in [0, 0.05) is 16.6 Å². The van der Waals surface area contributed by atoms with Gasteiger partial charge in [0.15, 0.2) is 0 Å². The summed E-state index contributed by atoms with van der Waals surface area (Å²) in [6.07, 6.45) is 4.63. The van der Waals surface area contributed by atoms with E-state index in [0.717, 1.165) is 28.8 Å². The highest BCUT2D eigenvalue weighted by molar-refractivity contribution is 9.10. The van der Waals surface area contributed by atoms with Gasteiger partial charge < -0.3 is 15.4 Å². The number of amides is 1. The Morgan fingerprint density at radius 1 is 1.40 bits per heavy atom. The predicted octanol–water partition coefficient (Wildman–Crippen LogP) is 3.32. The van der Waals surface area contributed by atoms with Crippen LogP contribution in [0.3, 0.4) is 0 Å². The normalized spacial score (nSPS) is 16.8. The number of methoxy groups -OCH3 is 1. The van der Waals surface area contributed by atoms with Crippen molar-refractivity contribution < 1.29 is 9.53 Å². The van der Waals surface area contributed by atoms with E-state index in [2.05, 4.69) is 26.6 Å². The largest absolute Gasteiger partial charge is 0.497 e. The van der Waals surface area contributed by atoms with Gasteiger partial charge in [-0.3, -0.25) is 4.79 Å². The van der Waals surface area contributed by atoms with Crippen LogP contribution < -0.4 is 15.4 Å². The van der Waals surface area contributed by atoms with E-state index in [-0.39, 0.29) is 11.9 Å². The van der Waals surface area contributed by atoms with Gasteiger partial charge in [-0.15, -0.1) is 0 Å². The summed E-state index contributed by atoms with van der Waals surface area (Å²) in [5.74, 6) is 0.811. The Kier molecular flexibility index (Phi) is 5.29. The van der Waals surface area contributed by atoms with Crippen molar-refractivity contribution in [2.75, 3.05) is 12.4 Å². The lowest BCUT2D eigenvalue weighted by atomic mass is 10.2. The average molecular weight is 341 g/mol. The number of anilines is 1. The SMILES string of the molecule is COc1ccc(Br)c(NC(C)C(=O)NC2CCCC2)c1. The molecule has 0 aromatic heterocycles. The predicted molar refractivity (Wildman–Crippen MR) is 84.2 cm³/mol. The zero-order valence-electron chi connectivity index (χ0n) is 11.9. The fourth-order valence-corrected chi connectivity index (χ4v) is 2.80. The molecule has 0 saturated heterocycles. The number of carbonyl (C=O) groups is 1.